The predicted octanol–water partition coefficient (Wildman–Crippen LogP) is 2.82. The summed E-state index contributed by atoms with van der Waals surface area (Å²) in [6, 6.07) is 2.08. The van der Waals surface area contributed by atoms with Gasteiger partial charge in [0.2, 0.25) is 5.91 Å². The smallest absolute Gasteiger partial charge is 0.393 e. The summed E-state index contributed by atoms with van der Waals surface area (Å²) < 4.78 is 40.4. The van der Waals surface area contributed by atoms with Crippen LogP contribution in [0.1, 0.15) is 38.7 Å². The van der Waals surface area contributed by atoms with E-state index in [1.807, 2.05) is 11.8 Å². The van der Waals surface area contributed by atoms with Crippen molar-refractivity contribution in [1.29, 1.82) is 0 Å². The molecule has 10 heteroatoms. The van der Waals surface area contributed by atoms with E-state index < -0.39 is 11.7 Å². The number of likely N-dealkylation sites (tertiary alicyclic amines) is 1. The number of aliphatic hydroxyl groups is 1. The van der Waals surface area contributed by atoms with Crippen molar-refractivity contribution in [2.75, 3.05) is 31.1 Å². The van der Waals surface area contributed by atoms with Crippen LogP contribution in [-0.2, 0) is 11.0 Å². The molecule has 1 amide bonds. The number of fused-ring (bicyclic) bond motifs is 1. The molecule has 0 unspecified atom stereocenters. The zero-order valence-electron chi connectivity index (χ0n) is 18.8. The molecule has 2 saturated heterocycles. The first-order valence-electron chi connectivity index (χ1n) is 11.4. The zero-order chi connectivity index (χ0) is 23.8. The summed E-state index contributed by atoms with van der Waals surface area (Å²) in [4.78, 5) is 25.2. The molecule has 4 rings (SSSR count). The third-order valence-corrected chi connectivity index (χ3v) is 6.68. The van der Waals surface area contributed by atoms with Gasteiger partial charge < -0.3 is 15.3 Å². The minimum absolute atomic E-state index is 0.0671. The summed E-state index contributed by atoms with van der Waals surface area (Å²) in [5, 5.41) is 12.8. The monoisotopic (exact) mass is 465 g/mol. The molecule has 0 radical (unpaired) electrons. The minimum Gasteiger partial charge on any atom is -0.393 e. The van der Waals surface area contributed by atoms with Gasteiger partial charge in [-0.05, 0) is 44.2 Å². The van der Waals surface area contributed by atoms with E-state index in [4.69, 9.17) is 0 Å². The van der Waals surface area contributed by atoms with Crippen molar-refractivity contribution in [2.45, 2.75) is 57.5 Å². The molecule has 0 bridgehead atoms. The second-order valence-corrected chi connectivity index (χ2v) is 9.28. The Balaban J connectivity index is 1.51. The van der Waals surface area contributed by atoms with Crippen molar-refractivity contribution >= 4 is 22.6 Å². The molecule has 2 aliphatic rings. The van der Waals surface area contributed by atoms with Crippen molar-refractivity contribution in [3.05, 3.63) is 30.1 Å². The molecule has 2 N–H and O–H groups in total. The van der Waals surface area contributed by atoms with Gasteiger partial charge in [-0.3, -0.25) is 19.7 Å². The third-order valence-electron chi connectivity index (χ3n) is 6.68. The molecule has 3 heterocycles. The van der Waals surface area contributed by atoms with Crippen LogP contribution in [0.15, 0.2) is 24.5 Å². The number of aliphatic hydroxyl groups excluding tert-OH is 1. The van der Waals surface area contributed by atoms with Crippen LogP contribution in [0.25, 0.3) is 11.0 Å². The maximum absolute atomic E-state index is 13.5. The van der Waals surface area contributed by atoms with Crippen LogP contribution in [0.3, 0.4) is 0 Å². The number of nitrogens with one attached hydrogen (secondary N) is 1. The molecule has 0 aliphatic carbocycles. The van der Waals surface area contributed by atoms with E-state index >= 15 is 0 Å². The summed E-state index contributed by atoms with van der Waals surface area (Å²) in [7, 11) is 0. The van der Waals surface area contributed by atoms with Gasteiger partial charge in [-0.25, -0.2) is 0 Å². The van der Waals surface area contributed by atoms with Gasteiger partial charge in [-0.15, -0.1) is 0 Å². The standard InChI is InChI=1S/C23H30F3N5O2/c1-14-11-16(29-22(33)15(2)30-9-5-17(32)6-10-30)13-31(12-14)19-4-3-18(23(24,25)26)20-21(19)28-8-7-27-20/h3-4,7-8,14-17,32H,5-6,9-13H2,1-2H3,(H,29,33)/t14-,15-,16+/m0/s1. The first-order valence-corrected chi connectivity index (χ1v) is 11.4. The lowest BCUT2D eigenvalue weighted by atomic mass is 9.94. The zero-order valence-corrected chi connectivity index (χ0v) is 18.8. The number of carbonyl (C=O) groups excluding carboxylic acids is 1. The van der Waals surface area contributed by atoms with Gasteiger partial charge in [-0.1, -0.05) is 6.92 Å². The van der Waals surface area contributed by atoms with E-state index in [1.165, 1.54) is 18.5 Å². The van der Waals surface area contributed by atoms with Crippen molar-refractivity contribution in [3.63, 3.8) is 0 Å². The van der Waals surface area contributed by atoms with Crippen molar-refractivity contribution in [1.82, 2.24) is 20.2 Å². The number of anilines is 1. The summed E-state index contributed by atoms with van der Waals surface area (Å²) in [5.74, 6) is 0.168. The molecule has 2 aliphatic heterocycles. The van der Waals surface area contributed by atoms with Crippen molar-refractivity contribution in [2.24, 2.45) is 5.92 Å². The van der Waals surface area contributed by atoms with E-state index in [2.05, 4.69) is 27.1 Å². The van der Waals surface area contributed by atoms with Gasteiger partial charge in [0.15, 0.2) is 0 Å². The van der Waals surface area contributed by atoms with Crippen LogP contribution in [0.4, 0.5) is 18.9 Å². The number of aromatic nitrogens is 2. The summed E-state index contributed by atoms with van der Waals surface area (Å²) in [6.07, 6.45) is -0.0373. The van der Waals surface area contributed by atoms with Crippen LogP contribution in [-0.4, -0.2) is 70.2 Å². The highest BCUT2D eigenvalue weighted by Crippen LogP contribution is 2.37. The van der Waals surface area contributed by atoms with Crippen LogP contribution in [0.5, 0.6) is 0 Å². The normalized spacial score (nSPS) is 24.1. The highest BCUT2D eigenvalue weighted by Gasteiger charge is 2.36. The Morgan fingerprint density at radius 1 is 1.15 bits per heavy atom. The van der Waals surface area contributed by atoms with Crippen LogP contribution in [0, 0.1) is 5.92 Å². The number of benzene rings is 1. The van der Waals surface area contributed by atoms with Crippen molar-refractivity contribution < 1.29 is 23.1 Å². The molecule has 7 nitrogen and oxygen atoms in total. The molecule has 33 heavy (non-hydrogen) atoms. The Hall–Kier alpha value is -2.46. The Morgan fingerprint density at radius 3 is 2.48 bits per heavy atom. The average molecular weight is 466 g/mol. The molecule has 1 aromatic carbocycles. The minimum atomic E-state index is -4.51. The second kappa shape index (κ2) is 9.42. The van der Waals surface area contributed by atoms with E-state index in [9.17, 15) is 23.1 Å². The van der Waals surface area contributed by atoms with Gasteiger partial charge in [-0.2, -0.15) is 13.2 Å². The number of hydrogen-bond donors (Lipinski definition) is 2. The molecule has 1 aromatic heterocycles. The first-order chi connectivity index (χ1) is 15.6. The van der Waals surface area contributed by atoms with Crippen LogP contribution < -0.4 is 10.2 Å². The van der Waals surface area contributed by atoms with Gasteiger partial charge in [0.1, 0.15) is 11.0 Å². The molecule has 0 saturated carbocycles. The third kappa shape index (κ3) is 5.22. The average Bonchev–Trinajstić information content (AvgIpc) is 2.77. The summed E-state index contributed by atoms with van der Waals surface area (Å²) >= 11 is 0. The highest BCUT2D eigenvalue weighted by molar-refractivity contribution is 5.91. The lowest BCUT2D eigenvalue weighted by Crippen LogP contribution is -2.55. The lowest BCUT2D eigenvalue weighted by Gasteiger charge is -2.40. The van der Waals surface area contributed by atoms with Gasteiger partial charge in [0.25, 0.3) is 0 Å². The number of rotatable bonds is 4. The number of hydrogen-bond acceptors (Lipinski definition) is 6. The quantitative estimate of drug-likeness (QED) is 0.723. The van der Waals surface area contributed by atoms with E-state index in [1.54, 1.807) is 0 Å². The largest absolute Gasteiger partial charge is 0.418 e. The van der Waals surface area contributed by atoms with E-state index in [0.29, 0.717) is 44.7 Å². The predicted molar refractivity (Wildman–Crippen MR) is 119 cm³/mol. The van der Waals surface area contributed by atoms with Gasteiger partial charge >= 0.3 is 6.18 Å². The Labute approximate surface area is 191 Å². The van der Waals surface area contributed by atoms with Crippen molar-refractivity contribution in [3.8, 4) is 0 Å². The Morgan fingerprint density at radius 2 is 1.82 bits per heavy atom. The number of halogens is 3. The fourth-order valence-electron chi connectivity index (χ4n) is 4.94. The Kier molecular flexibility index (Phi) is 6.76. The van der Waals surface area contributed by atoms with Gasteiger partial charge in [0, 0.05) is 44.6 Å². The molecular formula is C23H30F3N5O2. The molecule has 2 aromatic rings. The second-order valence-electron chi connectivity index (χ2n) is 9.28. The number of nitrogens with zero attached hydrogens (tertiary/aromatic N) is 4. The maximum atomic E-state index is 13.5. The fourth-order valence-corrected chi connectivity index (χ4v) is 4.94. The number of amides is 1. The summed E-state index contributed by atoms with van der Waals surface area (Å²) in [6.45, 7) is 6.44. The lowest BCUT2D eigenvalue weighted by molar-refractivity contribution is -0.136. The SMILES string of the molecule is C[C@H]1C[C@@H](NC(=O)[C@H](C)N2CCC(O)CC2)CN(c2ccc(C(F)(F)F)c3nccnc23)C1. The Bertz CT molecular complexity index is 994. The first kappa shape index (κ1) is 23.7. The van der Waals surface area contributed by atoms with E-state index in [-0.39, 0.29) is 41.0 Å². The van der Waals surface area contributed by atoms with Crippen LogP contribution in [0.2, 0.25) is 0 Å². The number of carbonyl (C=O) groups is 1. The number of piperidine rings is 2. The molecule has 2 fully saturated rings. The number of alkyl halides is 3. The molecule has 180 valence electrons. The highest BCUT2D eigenvalue weighted by atomic mass is 19.4. The topological polar surface area (TPSA) is 81.6 Å². The van der Waals surface area contributed by atoms with E-state index in [0.717, 1.165) is 12.5 Å². The van der Waals surface area contributed by atoms with Gasteiger partial charge in [0.05, 0.1) is 23.4 Å². The maximum Gasteiger partial charge on any atom is 0.418 e. The fraction of sp³-hybridized carbons (Fsp3) is 0.609. The summed E-state index contributed by atoms with van der Waals surface area (Å²) in [5.41, 5.74) is -0.159. The van der Waals surface area contributed by atoms with Crippen LogP contribution >= 0.6 is 0 Å². The molecule has 0 spiro atoms. The molecular weight excluding hydrogens is 435 g/mol. The molecule has 3 atom stereocenters.